The molecule has 0 aromatic heterocycles. The first-order valence-electron chi connectivity index (χ1n) is 34.3. The minimum Gasteiger partial charge on any atom is -0.466 e. The summed E-state index contributed by atoms with van der Waals surface area (Å²) < 4.78 is 5.49. The molecule has 0 spiro atoms. The van der Waals surface area contributed by atoms with Gasteiger partial charge in [-0.15, -0.1) is 0 Å². The van der Waals surface area contributed by atoms with E-state index >= 15 is 0 Å². The van der Waals surface area contributed by atoms with Gasteiger partial charge in [0.05, 0.1) is 25.4 Å². The van der Waals surface area contributed by atoms with E-state index in [1.54, 1.807) is 6.08 Å². The van der Waals surface area contributed by atoms with Gasteiger partial charge in [0.15, 0.2) is 0 Å². The van der Waals surface area contributed by atoms with Crippen LogP contribution in [0.4, 0.5) is 0 Å². The molecule has 0 radical (unpaired) electrons. The largest absolute Gasteiger partial charge is 0.466 e. The third kappa shape index (κ3) is 61.3. The molecule has 0 rings (SSSR count). The molecule has 0 bridgehead atoms. The van der Waals surface area contributed by atoms with Gasteiger partial charge in [0.1, 0.15) is 0 Å². The number of carbonyl (C=O) groups is 2. The Balaban J connectivity index is 3.32. The lowest BCUT2D eigenvalue weighted by molar-refractivity contribution is -0.143. The average molecular weight is 1070 g/mol. The molecule has 0 saturated carbocycles. The summed E-state index contributed by atoms with van der Waals surface area (Å²) in [5.74, 6) is -0.0540. The molecule has 0 aromatic carbocycles. The quantitative estimate of drug-likeness (QED) is 0.0320. The van der Waals surface area contributed by atoms with Crippen LogP contribution in [-0.2, 0) is 14.3 Å². The van der Waals surface area contributed by atoms with Crippen LogP contribution in [0, 0.1) is 0 Å². The van der Waals surface area contributed by atoms with Gasteiger partial charge >= 0.3 is 5.97 Å². The topological polar surface area (TPSA) is 95.9 Å². The van der Waals surface area contributed by atoms with E-state index in [4.69, 9.17) is 4.74 Å². The maximum Gasteiger partial charge on any atom is 0.305 e. The van der Waals surface area contributed by atoms with E-state index in [9.17, 15) is 19.8 Å². The highest BCUT2D eigenvalue weighted by Gasteiger charge is 2.18. The van der Waals surface area contributed by atoms with Gasteiger partial charge in [-0.25, -0.2) is 0 Å². The minimum absolute atomic E-state index is 0.0121. The van der Waals surface area contributed by atoms with Crippen LogP contribution in [-0.4, -0.2) is 47.4 Å². The van der Waals surface area contributed by atoms with Gasteiger partial charge in [0.25, 0.3) is 0 Å². The normalized spacial score (nSPS) is 12.7. The highest BCUT2D eigenvalue weighted by atomic mass is 16.5. The molecular formula is C70H133NO5. The van der Waals surface area contributed by atoms with Gasteiger partial charge in [-0.1, -0.05) is 314 Å². The van der Waals surface area contributed by atoms with Crippen molar-refractivity contribution in [1.82, 2.24) is 5.32 Å². The summed E-state index contributed by atoms with van der Waals surface area (Å²) in [6.07, 6.45) is 83.9. The number of carbonyl (C=O) groups excluding carboxylic acids is 2. The number of rotatable bonds is 64. The molecule has 1 amide bonds. The molecule has 0 fully saturated rings. The van der Waals surface area contributed by atoms with Crippen LogP contribution in [0.3, 0.4) is 0 Å². The summed E-state index contributed by atoms with van der Waals surface area (Å²) in [5.41, 5.74) is 0. The molecule has 3 N–H and O–H groups in total. The Kier molecular flexibility index (Phi) is 63.9. The van der Waals surface area contributed by atoms with Crippen LogP contribution in [0.25, 0.3) is 0 Å². The molecule has 0 saturated heterocycles. The van der Waals surface area contributed by atoms with Crippen LogP contribution in [0.1, 0.15) is 373 Å². The minimum atomic E-state index is -0.839. The molecule has 6 heteroatoms. The van der Waals surface area contributed by atoms with Crippen molar-refractivity contribution in [1.29, 1.82) is 0 Å². The van der Waals surface area contributed by atoms with Crippen molar-refractivity contribution in [3.8, 4) is 0 Å². The van der Waals surface area contributed by atoms with Crippen LogP contribution in [0.5, 0.6) is 0 Å². The molecule has 448 valence electrons. The fourth-order valence-corrected chi connectivity index (χ4v) is 10.6. The lowest BCUT2D eigenvalue weighted by Crippen LogP contribution is -2.45. The van der Waals surface area contributed by atoms with Gasteiger partial charge in [0.2, 0.25) is 5.91 Å². The number of aliphatic hydroxyl groups excluding tert-OH is 2. The summed E-state index contributed by atoms with van der Waals surface area (Å²) in [5, 5.41) is 23.0. The zero-order valence-electron chi connectivity index (χ0n) is 51.3. The van der Waals surface area contributed by atoms with Gasteiger partial charge in [0, 0.05) is 12.8 Å². The molecule has 0 aliphatic heterocycles. The predicted molar refractivity (Wildman–Crippen MR) is 333 cm³/mol. The first-order chi connectivity index (χ1) is 37.5. The Hall–Kier alpha value is -1.92. The smallest absolute Gasteiger partial charge is 0.305 e. The Bertz CT molecular complexity index is 1230. The lowest BCUT2D eigenvalue weighted by Gasteiger charge is -2.20. The number of allylic oxidation sites excluding steroid dienone is 5. The van der Waals surface area contributed by atoms with E-state index in [0.717, 1.165) is 44.9 Å². The number of nitrogens with one attached hydrogen (secondary N) is 1. The highest BCUT2D eigenvalue weighted by Crippen LogP contribution is 2.18. The fourth-order valence-electron chi connectivity index (χ4n) is 10.6. The standard InChI is InChI=1S/C70H133NO5/c1-3-5-7-9-11-13-14-15-37-41-44-48-52-56-60-64-70(75)76-65-61-57-53-49-45-42-39-36-34-32-30-28-26-24-22-20-18-16-17-19-21-23-25-27-29-31-33-35-38-40-43-47-51-55-59-63-69(74)71-67(66-72)68(73)62-58-54-50-46-12-10-8-6-4-2/h15,18,20,37,58,62,67-68,72-73H,3-14,16-17,19,21-36,38-57,59-61,63-66H2,1-2H3,(H,71,74)/b20-18-,37-15-,62-58+. The van der Waals surface area contributed by atoms with E-state index in [2.05, 4.69) is 43.5 Å². The maximum atomic E-state index is 12.4. The van der Waals surface area contributed by atoms with E-state index in [1.165, 1.54) is 302 Å². The summed E-state index contributed by atoms with van der Waals surface area (Å²) in [4.78, 5) is 24.5. The Morgan fingerprint density at radius 2 is 0.618 bits per heavy atom. The molecule has 2 unspecified atom stereocenters. The number of hydrogen-bond acceptors (Lipinski definition) is 5. The number of aliphatic hydroxyl groups is 2. The predicted octanol–water partition coefficient (Wildman–Crippen LogP) is 21.9. The van der Waals surface area contributed by atoms with E-state index in [-0.39, 0.29) is 18.5 Å². The molecule has 2 atom stereocenters. The van der Waals surface area contributed by atoms with E-state index in [1.807, 2.05) is 6.08 Å². The maximum absolute atomic E-state index is 12.4. The Labute approximate surface area is 474 Å². The zero-order chi connectivity index (χ0) is 55.0. The van der Waals surface area contributed by atoms with Crippen molar-refractivity contribution in [2.75, 3.05) is 13.2 Å². The lowest BCUT2D eigenvalue weighted by atomic mass is 10.0. The molecule has 76 heavy (non-hydrogen) atoms. The molecule has 0 aliphatic rings. The van der Waals surface area contributed by atoms with Crippen molar-refractivity contribution in [3.05, 3.63) is 36.5 Å². The highest BCUT2D eigenvalue weighted by molar-refractivity contribution is 5.76. The van der Waals surface area contributed by atoms with Crippen LogP contribution in [0.2, 0.25) is 0 Å². The Morgan fingerprint density at radius 3 is 0.934 bits per heavy atom. The third-order valence-corrected chi connectivity index (χ3v) is 15.9. The van der Waals surface area contributed by atoms with Crippen molar-refractivity contribution >= 4 is 11.9 Å². The number of ether oxygens (including phenoxy) is 1. The SMILES string of the molecule is CCCCCCCC/C=C\CCCCCCCC(=O)OCCCCCCCCCCCCCCCC/C=C\CCCCCCCCCCCCCCCCCCCC(=O)NC(CO)C(O)/C=C/CCCCCCCCC. The van der Waals surface area contributed by atoms with Gasteiger partial charge in [-0.2, -0.15) is 0 Å². The second-order valence-electron chi connectivity index (χ2n) is 23.5. The van der Waals surface area contributed by atoms with Crippen LogP contribution >= 0.6 is 0 Å². The number of amides is 1. The molecule has 0 aromatic rings. The summed E-state index contributed by atoms with van der Waals surface area (Å²) in [6.45, 7) is 4.89. The number of hydrogen-bond donors (Lipinski definition) is 3. The van der Waals surface area contributed by atoms with Gasteiger partial charge < -0.3 is 20.3 Å². The van der Waals surface area contributed by atoms with E-state index in [0.29, 0.717) is 19.4 Å². The second kappa shape index (κ2) is 65.6. The first-order valence-corrected chi connectivity index (χ1v) is 34.3. The number of esters is 1. The van der Waals surface area contributed by atoms with Crippen molar-refractivity contribution in [2.24, 2.45) is 0 Å². The van der Waals surface area contributed by atoms with Crippen LogP contribution < -0.4 is 5.32 Å². The van der Waals surface area contributed by atoms with Gasteiger partial charge in [-0.05, 0) is 83.5 Å². The average Bonchev–Trinajstić information content (AvgIpc) is 3.42. The van der Waals surface area contributed by atoms with Crippen molar-refractivity contribution in [2.45, 2.75) is 386 Å². The summed E-state index contributed by atoms with van der Waals surface area (Å²) in [6, 6.07) is -0.623. The molecule has 6 nitrogen and oxygen atoms in total. The zero-order valence-corrected chi connectivity index (χ0v) is 51.3. The first kappa shape index (κ1) is 74.1. The van der Waals surface area contributed by atoms with Crippen molar-refractivity contribution < 1.29 is 24.5 Å². The second-order valence-corrected chi connectivity index (χ2v) is 23.5. The van der Waals surface area contributed by atoms with Crippen LogP contribution in [0.15, 0.2) is 36.5 Å². The van der Waals surface area contributed by atoms with E-state index < -0.39 is 12.1 Å². The summed E-state index contributed by atoms with van der Waals surface area (Å²) >= 11 is 0. The molecule has 0 aliphatic carbocycles. The monoisotopic (exact) mass is 1070 g/mol. The summed E-state index contributed by atoms with van der Waals surface area (Å²) in [7, 11) is 0. The molecular weight excluding hydrogens is 935 g/mol. The van der Waals surface area contributed by atoms with Crippen molar-refractivity contribution in [3.63, 3.8) is 0 Å². The fraction of sp³-hybridized carbons (Fsp3) is 0.886. The molecule has 0 heterocycles. The third-order valence-electron chi connectivity index (χ3n) is 15.9. The number of unbranched alkanes of at least 4 members (excludes halogenated alkanes) is 49. The van der Waals surface area contributed by atoms with Gasteiger partial charge in [-0.3, -0.25) is 9.59 Å². The Morgan fingerprint density at radius 1 is 0.355 bits per heavy atom.